The van der Waals surface area contributed by atoms with Crippen molar-refractivity contribution in [3.63, 3.8) is 0 Å². The highest BCUT2D eigenvalue weighted by molar-refractivity contribution is 5.99. The molecule has 0 unspecified atom stereocenters. The maximum Gasteiger partial charge on any atom is 0.272 e. The minimum atomic E-state index is -0.484. The van der Waals surface area contributed by atoms with Gasteiger partial charge in [-0.25, -0.2) is 4.39 Å². The molecule has 1 aliphatic carbocycles. The highest BCUT2D eigenvalue weighted by Gasteiger charge is 2.26. The van der Waals surface area contributed by atoms with Crippen LogP contribution >= 0.6 is 0 Å². The second-order valence-corrected chi connectivity index (χ2v) is 8.43. The summed E-state index contributed by atoms with van der Waals surface area (Å²) in [6.45, 7) is 1.29. The van der Waals surface area contributed by atoms with Gasteiger partial charge in [-0.2, -0.15) is 5.10 Å². The highest BCUT2D eigenvalue weighted by Crippen LogP contribution is 2.18. The summed E-state index contributed by atoms with van der Waals surface area (Å²) in [4.78, 5) is 39.4. The number of rotatable bonds is 6. The van der Waals surface area contributed by atoms with Crippen LogP contribution in [-0.4, -0.2) is 51.5 Å². The van der Waals surface area contributed by atoms with Crippen molar-refractivity contribution in [2.75, 3.05) is 13.1 Å². The number of amides is 3. The lowest BCUT2D eigenvalue weighted by molar-refractivity contribution is -0.121. The first kappa shape index (κ1) is 22.0. The number of nitrogens with zero attached hydrogens (tertiary/aromatic N) is 3. The largest absolute Gasteiger partial charge is 0.352 e. The molecule has 9 heteroatoms. The predicted molar refractivity (Wildman–Crippen MR) is 115 cm³/mol. The van der Waals surface area contributed by atoms with Crippen molar-refractivity contribution in [3.8, 4) is 0 Å². The second-order valence-electron chi connectivity index (χ2n) is 8.43. The van der Waals surface area contributed by atoms with E-state index in [0.29, 0.717) is 31.7 Å². The molecular weight excluding hydrogens is 413 g/mol. The predicted octanol–water partition coefficient (Wildman–Crippen LogP) is 2.25. The van der Waals surface area contributed by atoms with E-state index < -0.39 is 5.91 Å². The lowest BCUT2D eigenvalue weighted by atomic mass is 9.95. The molecule has 3 amide bonds. The summed E-state index contributed by atoms with van der Waals surface area (Å²) in [5.41, 5.74) is 1.28. The molecule has 1 saturated carbocycles. The average Bonchev–Trinajstić information content (AvgIpc) is 3.17. The molecule has 8 nitrogen and oxygen atoms in total. The Labute approximate surface area is 186 Å². The first-order valence-electron chi connectivity index (χ1n) is 11.2. The minimum absolute atomic E-state index is 0.113. The molecule has 0 bridgehead atoms. The van der Waals surface area contributed by atoms with E-state index in [1.165, 1.54) is 24.6 Å². The van der Waals surface area contributed by atoms with Crippen LogP contribution in [0.4, 0.5) is 4.39 Å². The average molecular weight is 442 g/mol. The molecule has 2 heterocycles. The summed E-state index contributed by atoms with van der Waals surface area (Å²) in [7, 11) is 0. The Morgan fingerprint density at radius 1 is 1.06 bits per heavy atom. The number of fused-ring (bicyclic) bond motifs is 1. The Bertz CT molecular complexity index is 982. The molecule has 0 atom stereocenters. The van der Waals surface area contributed by atoms with Crippen molar-refractivity contribution < 1.29 is 18.8 Å². The van der Waals surface area contributed by atoms with Gasteiger partial charge in [0.1, 0.15) is 11.5 Å². The molecule has 2 N–H and O–H groups in total. The van der Waals surface area contributed by atoms with Crippen LogP contribution in [0.2, 0.25) is 0 Å². The number of aryl methyl sites for hydroxylation is 1. The molecule has 2 aromatic rings. The first-order chi connectivity index (χ1) is 15.5. The van der Waals surface area contributed by atoms with Crippen LogP contribution in [0.15, 0.2) is 30.3 Å². The zero-order valence-electron chi connectivity index (χ0n) is 18.0. The number of nitrogens with one attached hydrogen (secondary N) is 2. The zero-order valence-corrected chi connectivity index (χ0v) is 18.0. The molecule has 0 radical (unpaired) electrons. The fourth-order valence-corrected chi connectivity index (χ4v) is 4.28. The summed E-state index contributed by atoms with van der Waals surface area (Å²) in [6.07, 6.45) is 6.07. The number of hydrogen-bond acceptors (Lipinski definition) is 4. The van der Waals surface area contributed by atoms with Gasteiger partial charge in [-0.1, -0.05) is 31.4 Å². The van der Waals surface area contributed by atoms with Crippen molar-refractivity contribution in [2.24, 2.45) is 0 Å². The van der Waals surface area contributed by atoms with Crippen LogP contribution in [0.1, 0.15) is 65.1 Å². The van der Waals surface area contributed by atoms with E-state index in [-0.39, 0.29) is 35.9 Å². The van der Waals surface area contributed by atoms with Crippen LogP contribution < -0.4 is 10.6 Å². The van der Waals surface area contributed by atoms with E-state index in [9.17, 15) is 18.8 Å². The maximum atomic E-state index is 13.2. The molecule has 170 valence electrons. The van der Waals surface area contributed by atoms with E-state index in [4.69, 9.17) is 0 Å². The molecule has 32 heavy (non-hydrogen) atoms. The third-order valence-corrected chi connectivity index (χ3v) is 5.98. The quantitative estimate of drug-likeness (QED) is 0.719. The molecule has 2 aliphatic rings. The van der Waals surface area contributed by atoms with Crippen molar-refractivity contribution in [3.05, 3.63) is 53.1 Å². The van der Waals surface area contributed by atoms with Crippen LogP contribution in [0.25, 0.3) is 0 Å². The highest BCUT2D eigenvalue weighted by atomic mass is 19.1. The SMILES string of the molecule is O=C(CNC(=O)c1cc2n(n1)CCCN(Cc1ccc(F)cc1)C2=O)NC1CCCCC1. The Kier molecular flexibility index (Phi) is 6.82. The topological polar surface area (TPSA) is 96.3 Å². The third kappa shape index (κ3) is 5.33. The fourth-order valence-electron chi connectivity index (χ4n) is 4.28. The van der Waals surface area contributed by atoms with Gasteiger partial charge in [0.05, 0.1) is 6.54 Å². The molecular formula is C23H28FN5O3. The van der Waals surface area contributed by atoms with Gasteiger partial charge in [0.15, 0.2) is 5.69 Å². The van der Waals surface area contributed by atoms with Gasteiger partial charge in [-0.3, -0.25) is 19.1 Å². The van der Waals surface area contributed by atoms with E-state index in [0.717, 1.165) is 31.2 Å². The summed E-state index contributed by atoms with van der Waals surface area (Å²) < 4.78 is 14.7. The maximum absolute atomic E-state index is 13.2. The summed E-state index contributed by atoms with van der Waals surface area (Å²) in [5, 5.41) is 9.84. The van der Waals surface area contributed by atoms with Gasteiger partial charge >= 0.3 is 0 Å². The van der Waals surface area contributed by atoms with Crippen molar-refractivity contribution in [1.29, 1.82) is 0 Å². The van der Waals surface area contributed by atoms with E-state index in [1.54, 1.807) is 21.7 Å². The number of carbonyl (C=O) groups is 3. The summed E-state index contributed by atoms with van der Waals surface area (Å²) >= 11 is 0. The first-order valence-corrected chi connectivity index (χ1v) is 11.2. The van der Waals surface area contributed by atoms with Gasteiger partial charge in [-0.15, -0.1) is 0 Å². The lowest BCUT2D eigenvalue weighted by Gasteiger charge is -2.22. The monoisotopic (exact) mass is 441 g/mol. The fraction of sp³-hybridized carbons (Fsp3) is 0.478. The second kappa shape index (κ2) is 9.93. The van der Waals surface area contributed by atoms with Crippen LogP contribution in [-0.2, 0) is 17.9 Å². The van der Waals surface area contributed by atoms with E-state index in [2.05, 4.69) is 15.7 Å². The number of carbonyl (C=O) groups excluding carboxylic acids is 3. The molecule has 1 aromatic heterocycles. The molecule has 1 aliphatic heterocycles. The number of hydrogen-bond donors (Lipinski definition) is 2. The Balaban J connectivity index is 1.36. The van der Waals surface area contributed by atoms with Gasteiger partial charge in [-0.05, 0) is 37.0 Å². The van der Waals surface area contributed by atoms with E-state index >= 15 is 0 Å². The van der Waals surface area contributed by atoms with Crippen LogP contribution in [0.5, 0.6) is 0 Å². The zero-order chi connectivity index (χ0) is 22.5. The number of benzene rings is 1. The molecule has 4 rings (SSSR count). The number of halogens is 1. The third-order valence-electron chi connectivity index (χ3n) is 5.98. The summed E-state index contributed by atoms with van der Waals surface area (Å²) in [6, 6.07) is 7.70. The number of aromatic nitrogens is 2. The summed E-state index contributed by atoms with van der Waals surface area (Å²) in [5.74, 6) is -1.25. The van der Waals surface area contributed by atoms with Gasteiger partial charge < -0.3 is 15.5 Å². The normalized spacial score (nSPS) is 16.9. The Morgan fingerprint density at radius 2 is 1.81 bits per heavy atom. The smallest absolute Gasteiger partial charge is 0.272 e. The molecule has 1 aromatic carbocycles. The van der Waals surface area contributed by atoms with Crippen molar-refractivity contribution >= 4 is 17.7 Å². The standard InChI is InChI=1S/C23H28FN5O3/c24-17-9-7-16(8-10-17)15-28-11-4-12-29-20(23(28)32)13-19(27-29)22(31)25-14-21(30)26-18-5-2-1-3-6-18/h7-10,13,18H,1-6,11-12,14-15H2,(H,25,31)(H,26,30). The molecule has 0 spiro atoms. The van der Waals surface area contributed by atoms with Gasteiger partial charge in [0.2, 0.25) is 5.91 Å². The molecule has 0 saturated heterocycles. The Hall–Kier alpha value is -3.23. The van der Waals surface area contributed by atoms with Gasteiger partial charge in [0, 0.05) is 31.7 Å². The van der Waals surface area contributed by atoms with Gasteiger partial charge in [0.25, 0.3) is 11.8 Å². The van der Waals surface area contributed by atoms with Crippen LogP contribution in [0, 0.1) is 5.82 Å². The minimum Gasteiger partial charge on any atom is -0.352 e. The molecule has 1 fully saturated rings. The van der Waals surface area contributed by atoms with E-state index in [1.807, 2.05) is 0 Å². The lowest BCUT2D eigenvalue weighted by Crippen LogP contribution is -2.42. The van der Waals surface area contributed by atoms with Crippen molar-refractivity contribution in [1.82, 2.24) is 25.3 Å². The van der Waals surface area contributed by atoms with Crippen molar-refractivity contribution in [2.45, 2.75) is 57.7 Å². The Morgan fingerprint density at radius 3 is 2.56 bits per heavy atom. The van der Waals surface area contributed by atoms with Crippen LogP contribution in [0.3, 0.4) is 0 Å².